The Kier molecular flexibility index (Phi) is 6.18. The van der Waals surface area contributed by atoms with Crippen molar-refractivity contribution in [1.29, 1.82) is 0 Å². The number of pyridine rings is 1. The van der Waals surface area contributed by atoms with E-state index in [9.17, 15) is 14.3 Å². The second kappa shape index (κ2) is 9.22. The third-order valence-electron chi connectivity index (χ3n) is 5.36. The van der Waals surface area contributed by atoms with Crippen LogP contribution in [0.2, 0.25) is 0 Å². The summed E-state index contributed by atoms with van der Waals surface area (Å²) >= 11 is 0. The van der Waals surface area contributed by atoms with E-state index in [1.54, 1.807) is 36.1 Å². The van der Waals surface area contributed by atoms with Gasteiger partial charge in [0.25, 0.3) is 0 Å². The van der Waals surface area contributed by atoms with Gasteiger partial charge in [-0.3, -0.25) is 0 Å². The van der Waals surface area contributed by atoms with Crippen molar-refractivity contribution in [3.63, 3.8) is 0 Å². The van der Waals surface area contributed by atoms with E-state index in [1.165, 1.54) is 19.2 Å². The van der Waals surface area contributed by atoms with Crippen LogP contribution in [-0.4, -0.2) is 40.1 Å². The van der Waals surface area contributed by atoms with E-state index in [2.05, 4.69) is 10.3 Å². The first-order valence-corrected chi connectivity index (χ1v) is 10.4. The molecule has 0 spiro atoms. The topological polar surface area (TPSA) is 98.5 Å². The minimum Gasteiger partial charge on any atom is -0.494 e. The Bertz CT molecular complexity index is 1370. The molecule has 0 fully saturated rings. The van der Waals surface area contributed by atoms with Crippen LogP contribution in [0.4, 0.5) is 15.9 Å². The molecule has 0 saturated carbocycles. The van der Waals surface area contributed by atoms with E-state index >= 15 is 0 Å². The molecule has 174 valence electrons. The fourth-order valence-electron chi connectivity index (χ4n) is 3.78. The first-order chi connectivity index (χ1) is 16.3. The van der Waals surface area contributed by atoms with Crippen molar-refractivity contribution in [2.75, 3.05) is 19.5 Å². The third-order valence-corrected chi connectivity index (χ3v) is 5.36. The number of methoxy groups -OCH3 is 2. The van der Waals surface area contributed by atoms with Crippen molar-refractivity contribution < 1.29 is 23.8 Å². The Balaban J connectivity index is 1.99. The fraction of sp³-hybridized carbons (Fsp3) is 0.160. The zero-order chi connectivity index (χ0) is 24.4. The highest BCUT2D eigenvalue weighted by molar-refractivity contribution is 5.94. The zero-order valence-electron chi connectivity index (χ0n) is 19.1. The SMILES string of the molecule is COc1ccc(Nc2c(-c3ccc(F)cc3)c(C)nn2-c2c(C)cccc2OC)c(C(=O)O)n1. The number of halogens is 1. The minimum atomic E-state index is -1.22. The first kappa shape index (κ1) is 22.8. The molecule has 2 N–H and O–H groups in total. The summed E-state index contributed by atoms with van der Waals surface area (Å²) in [7, 11) is 2.98. The molecule has 0 unspecified atom stereocenters. The Morgan fingerprint density at radius 1 is 1.03 bits per heavy atom. The standard InChI is InChI=1S/C25H23FN4O4/c1-14-6-5-7-19(33-3)23(14)30-24(21(15(2)29-30)16-8-10-17(26)11-9-16)27-18-12-13-20(34-4)28-22(18)25(31)32/h5-13,27H,1-4H3,(H,31,32). The van der Waals surface area contributed by atoms with E-state index < -0.39 is 5.97 Å². The number of para-hydroxylation sites is 1. The van der Waals surface area contributed by atoms with Crippen molar-refractivity contribution >= 4 is 17.5 Å². The van der Waals surface area contributed by atoms with Crippen LogP contribution in [-0.2, 0) is 0 Å². The van der Waals surface area contributed by atoms with E-state index in [-0.39, 0.29) is 23.1 Å². The molecular formula is C25H23FN4O4. The zero-order valence-corrected chi connectivity index (χ0v) is 19.1. The van der Waals surface area contributed by atoms with Crippen LogP contribution in [0.3, 0.4) is 0 Å². The molecule has 0 saturated heterocycles. The largest absolute Gasteiger partial charge is 0.494 e. The van der Waals surface area contributed by atoms with Crippen LogP contribution in [0.15, 0.2) is 54.6 Å². The molecule has 0 aliphatic heterocycles. The lowest BCUT2D eigenvalue weighted by Gasteiger charge is -2.17. The lowest BCUT2D eigenvalue weighted by molar-refractivity contribution is 0.0690. The highest BCUT2D eigenvalue weighted by Gasteiger charge is 2.24. The Hall–Kier alpha value is -4.40. The van der Waals surface area contributed by atoms with Crippen LogP contribution < -0.4 is 14.8 Å². The lowest BCUT2D eigenvalue weighted by atomic mass is 10.1. The number of anilines is 2. The maximum absolute atomic E-state index is 13.6. The Morgan fingerprint density at radius 2 is 1.76 bits per heavy atom. The van der Waals surface area contributed by atoms with Crippen molar-refractivity contribution in [3.8, 4) is 28.4 Å². The number of hydrogen-bond donors (Lipinski definition) is 2. The molecule has 8 nitrogen and oxygen atoms in total. The molecular weight excluding hydrogens is 439 g/mol. The number of ether oxygens (including phenoxy) is 2. The number of nitrogens with one attached hydrogen (secondary N) is 1. The molecule has 34 heavy (non-hydrogen) atoms. The maximum atomic E-state index is 13.6. The molecule has 2 aromatic carbocycles. The first-order valence-electron chi connectivity index (χ1n) is 10.4. The molecule has 4 rings (SSSR count). The van der Waals surface area contributed by atoms with E-state index in [4.69, 9.17) is 14.6 Å². The molecule has 4 aromatic rings. The minimum absolute atomic E-state index is 0.173. The van der Waals surface area contributed by atoms with E-state index in [1.807, 2.05) is 32.0 Å². The number of rotatable bonds is 7. The number of aromatic nitrogens is 3. The molecule has 2 heterocycles. The molecule has 0 atom stereocenters. The van der Waals surface area contributed by atoms with Gasteiger partial charge in [-0.15, -0.1) is 0 Å². The van der Waals surface area contributed by atoms with Gasteiger partial charge in [0.05, 0.1) is 25.6 Å². The number of benzene rings is 2. The number of carboxylic acids is 1. The molecule has 2 aromatic heterocycles. The van der Waals surface area contributed by atoms with Gasteiger partial charge >= 0.3 is 5.97 Å². The molecule has 0 aliphatic carbocycles. The second-order valence-corrected chi connectivity index (χ2v) is 7.53. The van der Waals surface area contributed by atoms with Crippen LogP contribution in [0, 0.1) is 19.7 Å². The van der Waals surface area contributed by atoms with Gasteiger partial charge in [-0.05, 0) is 49.2 Å². The summed E-state index contributed by atoms with van der Waals surface area (Å²) in [6.45, 7) is 3.75. The summed E-state index contributed by atoms with van der Waals surface area (Å²) in [6, 6.07) is 14.8. The fourth-order valence-corrected chi connectivity index (χ4v) is 3.78. The van der Waals surface area contributed by atoms with Crippen LogP contribution >= 0.6 is 0 Å². The van der Waals surface area contributed by atoms with Gasteiger partial charge in [-0.1, -0.05) is 24.3 Å². The molecule has 0 bridgehead atoms. The normalized spacial score (nSPS) is 10.7. The van der Waals surface area contributed by atoms with Crippen molar-refractivity contribution in [3.05, 3.63) is 77.4 Å². The average molecular weight is 462 g/mol. The molecule has 9 heteroatoms. The summed E-state index contributed by atoms with van der Waals surface area (Å²) in [5.41, 5.74) is 3.63. The Morgan fingerprint density at radius 3 is 2.41 bits per heavy atom. The van der Waals surface area contributed by atoms with E-state index in [0.29, 0.717) is 34.1 Å². The summed E-state index contributed by atoms with van der Waals surface area (Å²) in [6.07, 6.45) is 0. The van der Waals surface area contributed by atoms with Gasteiger partial charge < -0.3 is 19.9 Å². The summed E-state index contributed by atoms with van der Waals surface area (Å²) in [4.78, 5) is 16.0. The molecule has 0 aliphatic rings. The number of nitrogens with zero attached hydrogens (tertiary/aromatic N) is 3. The monoisotopic (exact) mass is 462 g/mol. The highest BCUT2D eigenvalue weighted by Crippen LogP contribution is 2.39. The molecule has 0 radical (unpaired) electrons. The number of hydrogen-bond acceptors (Lipinski definition) is 6. The van der Waals surface area contributed by atoms with Crippen LogP contribution in [0.5, 0.6) is 11.6 Å². The smallest absolute Gasteiger partial charge is 0.356 e. The predicted octanol–water partition coefficient (Wildman–Crippen LogP) is 5.15. The van der Waals surface area contributed by atoms with Crippen LogP contribution in [0.25, 0.3) is 16.8 Å². The highest BCUT2D eigenvalue weighted by atomic mass is 19.1. The van der Waals surface area contributed by atoms with Gasteiger partial charge in [0, 0.05) is 11.6 Å². The van der Waals surface area contributed by atoms with Crippen molar-refractivity contribution in [2.45, 2.75) is 13.8 Å². The van der Waals surface area contributed by atoms with Gasteiger partial charge in [-0.2, -0.15) is 5.10 Å². The van der Waals surface area contributed by atoms with Gasteiger partial charge in [0.1, 0.15) is 23.1 Å². The Labute approximate surface area is 195 Å². The van der Waals surface area contributed by atoms with E-state index in [0.717, 1.165) is 5.56 Å². The van der Waals surface area contributed by atoms with Gasteiger partial charge in [0.2, 0.25) is 5.88 Å². The number of aromatic carboxylic acids is 1. The summed E-state index contributed by atoms with van der Waals surface area (Å²) < 4.78 is 26.0. The maximum Gasteiger partial charge on any atom is 0.356 e. The number of carbonyl (C=O) groups is 1. The summed E-state index contributed by atoms with van der Waals surface area (Å²) in [5, 5.41) is 17.7. The third kappa shape index (κ3) is 4.15. The predicted molar refractivity (Wildman–Crippen MR) is 126 cm³/mol. The second-order valence-electron chi connectivity index (χ2n) is 7.53. The van der Waals surface area contributed by atoms with Crippen molar-refractivity contribution in [1.82, 2.24) is 14.8 Å². The van der Waals surface area contributed by atoms with Crippen LogP contribution in [0.1, 0.15) is 21.7 Å². The van der Waals surface area contributed by atoms with Crippen molar-refractivity contribution in [2.24, 2.45) is 0 Å². The average Bonchev–Trinajstić information content (AvgIpc) is 3.14. The lowest BCUT2D eigenvalue weighted by Crippen LogP contribution is -2.11. The summed E-state index contributed by atoms with van der Waals surface area (Å²) in [5.74, 6) is -0.349. The number of aryl methyl sites for hydroxylation is 2. The molecule has 0 amide bonds. The number of carboxylic acid groups (broad SMARTS) is 1. The quantitative estimate of drug-likeness (QED) is 0.392. The van der Waals surface area contributed by atoms with Gasteiger partial charge in [-0.25, -0.2) is 18.9 Å². The van der Waals surface area contributed by atoms with Gasteiger partial charge in [0.15, 0.2) is 5.69 Å².